The molecule has 37 heavy (non-hydrogen) atoms. The highest BCUT2D eigenvalue weighted by molar-refractivity contribution is 5.78. The summed E-state index contributed by atoms with van der Waals surface area (Å²) in [4.78, 5) is 24.0. The van der Waals surface area contributed by atoms with Crippen molar-refractivity contribution in [2.24, 2.45) is 17.8 Å². The molecule has 8 heteroatoms. The van der Waals surface area contributed by atoms with Gasteiger partial charge in [0.2, 0.25) is 0 Å². The van der Waals surface area contributed by atoms with E-state index in [4.69, 9.17) is 14.6 Å². The monoisotopic (exact) mass is 516 g/mol. The molecule has 0 aromatic heterocycles. The highest BCUT2D eigenvalue weighted by Crippen LogP contribution is 2.44. The number of benzene rings is 1. The van der Waals surface area contributed by atoms with Crippen molar-refractivity contribution in [1.82, 2.24) is 0 Å². The standard InChI is InChI=1S/C29H40O8/c1-18-9-10-20-13-22(31)15-25(27(20)24(18)12-11-21(30)14-23(32)16-26(33)34)37-28(35)29(2,3)36-17-19-7-5-4-6-8-19/h4-10,13,18,21-25,27,30-32H,11-12,14-17H2,1-3H3,(H,33,34)/t18-,21+,22+,23+,24-,25-,27-/m0/s1. The Bertz CT molecular complexity index is 969. The fraction of sp³-hybridized carbons (Fsp3) is 0.586. The third kappa shape index (κ3) is 8.23. The van der Waals surface area contributed by atoms with E-state index in [2.05, 4.69) is 13.0 Å². The number of aliphatic carboxylic acids is 1. The lowest BCUT2D eigenvalue weighted by Crippen LogP contribution is -2.46. The summed E-state index contributed by atoms with van der Waals surface area (Å²) in [5.41, 5.74) is 0.660. The predicted octanol–water partition coefficient (Wildman–Crippen LogP) is 3.39. The molecule has 0 amide bonds. The number of carboxylic acids is 1. The first kappa shape index (κ1) is 29.0. The maximum atomic E-state index is 13.2. The summed E-state index contributed by atoms with van der Waals surface area (Å²) in [7, 11) is 0. The predicted molar refractivity (Wildman–Crippen MR) is 137 cm³/mol. The second-order valence-corrected chi connectivity index (χ2v) is 10.8. The summed E-state index contributed by atoms with van der Waals surface area (Å²) >= 11 is 0. The van der Waals surface area contributed by atoms with Gasteiger partial charge in [-0.2, -0.15) is 0 Å². The van der Waals surface area contributed by atoms with Gasteiger partial charge in [0, 0.05) is 12.3 Å². The highest BCUT2D eigenvalue weighted by atomic mass is 16.6. The van der Waals surface area contributed by atoms with Crippen LogP contribution in [0.5, 0.6) is 0 Å². The van der Waals surface area contributed by atoms with Crippen molar-refractivity contribution in [3.05, 3.63) is 59.7 Å². The Hall–Kier alpha value is -2.52. The van der Waals surface area contributed by atoms with E-state index >= 15 is 0 Å². The van der Waals surface area contributed by atoms with E-state index in [1.807, 2.05) is 36.4 Å². The molecule has 3 rings (SSSR count). The molecule has 7 atom stereocenters. The van der Waals surface area contributed by atoms with Gasteiger partial charge in [0.05, 0.1) is 31.3 Å². The Labute approximate surface area is 218 Å². The summed E-state index contributed by atoms with van der Waals surface area (Å²) in [5.74, 6) is -1.60. The van der Waals surface area contributed by atoms with Gasteiger partial charge in [-0.15, -0.1) is 0 Å². The molecule has 0 heterocycles. The zero-order valence-electron chi connectivity index (χ0n) is 21.8. The van der Waals surface area contributed by atoms with Crippen LogP contribution in [-0.4, -0.2) is 62.4 Å². The van der Waals surface area contributed by atoms with Crippen molar-refractivity contribution in [2.45, 2.75) is 89.5 Å². The quantitative estimate of drug-likeness (QED) is 0.311. The molecule has 204 valence electrons. The molecule has 2 aliphatic carbocycles. The Morgan fingerprint density at radius 3 is 2.51 bits per heavy atom. The number of rotatable bonds is 12. The van der Waals surface area contributed by atoms with Crippen LogP contribution in [-0.2, 0) is 25.7 Å². The number of allylic oxidation sites excluding steroid dienone is 2. The molecule has 0 spiro atoms. The molecule has 1 aromatic carbocycles. The minimum atomic E-state index is -1.19. The van der Waals surface area contributed by atoms with Crippen molar-refractivity contribution in [3.63, 3.8) is 0 Å². The summed E-state index contributed by atoms with van der Waals surface area (Å²) in [5, 5.41) is 39.6. The van der Waals surface area contributed by atoms with E-state index in [1.54, 1.807) is 19.9 Å². The molecule has 2 aliphatic rings. The number of aliphatic hydroxyl groups is 3. The minimum absolute atomic E-state index is 0.0132. The normalized spacial score (nSPS) is 27.1. The molecule has 0 bridgehead atoms. The first-order chi connectivity index (χ1) is 17.5. The molecular formula is C29H40O8. The largest absolute Gasteiger partial charge is 0.481 e. The number of esters is 1. The summed E-state index contributed by atoms with van der Waals surface area (Å²) in [6, 6.07) is 9.57. The van der Waals surface area contributed by atoms with Crippen molar-refractivity contribution in [2.75, 3.05) is 0 Å². The van der Waals surface area contributed by atoms with Gasteiger partial charge in [0.1, 0.15) is 6.10 Å². The average Bonchev–Trinajstić information content (AvgIpc) is 2.82. The molecule has 1 aromatic rings. The second kappa shape index (κ2) is 12.8. The zero-order chi connectivity index (χ0) is 27.2. The molecule has 0 unspecified atom stereocenters. The third-order valence-corrected chi connectivity index (χ3v) is 7.35. The van der Waals surface area contributed by atoms with Crippen LogP contribution < -0.4 is 0 Å². The first-order valence-corrected chi connectivity index (χ1v) is 13.0. The maximum absolute atomic E-state index is 13.2. The van der Waals surface area contributed by atoms with Crippen molar-refractivity contribution in [1.29, 1.82) is 0 Å². The smallest absolute Gasteiger partial charge is 0.338 e. The fourth-order valence-electron chi connectivity index (χ4n) is 5.26. The molecule has 0 fully saturated rings. The lowest BCUT2D eigenvalue weighted by atomic mass is 9.66. The van der Waals surface area contributed by atoms with E-state index in [0.717, 1.165) is 11.1 Å². The number of carboxylic acid groups (broad SMARTS) is 1. The maximum Gasteiger partial charge on any atom is 0.338 e. The molecule has 4 N–H and O–H groups in total. The van der Waals surface area contributed by atoms with Crippen LogP contribution in [0.25, 0.3) is 0 Å². The summed E-state index contributed by atoms with van der Waals surface area (Å²) in [6.45, 7) is 5.68. The van der Waals surface area contributed by atoms with Crippen LogP contribution in [0.3, 0.4) is 0 Å². The van der Waals surface area contributed by atoms with Crippen LogP contribution in [0, 0.1) is 17.8 Å². The molecular weight excluding hydrogens is 476 g/mol. The lowest BCUT2D eigenvalue weighted by Gasteiger charge is -2.43. The molecule has 0 saturated heterocycles. The number of carbonyl (C=O) groups excluding carboxylic acids is 1. The topological polar surface area (TPSA) is 134 Å². The van der Waals surface area contributed by atoms with E-state index in [-0.39, 0.29) is 37.2 Å². The molecule has 0 aliphatic heterocycles. The van der Waals surface area contributed by atoms with Gasteiger partial charge < -0.3 is 29.9 Å². The molecule has 0 radical (unpaired) electrons. The van der Waals surface area contributed by atoms with Gasteiger partial charge in [0.25, 0.3) is 0 Å². The number of aliphatic hydroxyl groups excluding tert-OH is 3. The van der Waals surface area contributed by atoms with Crippen LogP contribution in [0.15, 0.2) is 54.1 Å². The van der Waals surface area contributed by atoms with Crippen molar-refractivity contribution >= 4 is 11.9 Å². The SMILES string of the molecule is C[C@H]1C=CC2=C[C@@H](O)C[C@H](OC(=O)C(C)(C)OCc3ccccc3)[C@@H]2[C@H]1CC[C@@H](O)C[C@@H](O)CC(=O)O. The Morgan fingerprint density at radius 2 is 1.84 bits per heavy atom. The van der Waals surface area contributed by atoms with Crippen molar-refractivity contribution < 1.29 is 39.5 Å². The minimum Gasteiger partial charge on any atom is -0.481 e. The third-order valence-electron chi connectivity index (χ3n) is 7.35. The van der Waals surface area contributed by atoms with E-state index < -0.39 is 48.4 Å². The van der Waals surface area contributed by atoms with E-state index in [0.29, 0.717) is 12.8 Å². The highest BCUT2D eigenvalue weighted by Gasteiger charge is 2.43. The number of carbonyl (C=O) groups is 2. The first-order valence-electron chi connectivity index (χ1n) is 13.0. The van der Waals surface area contributed by atoms with E-state index in [1.165, 1.54) is 0 Å². The van der Waals surface area contributed by atoms with Gasteiger partial charge in [-0.25, -0.2) is 4.79 Å². The zero-order valence-corrected chi connectivity index (χ0v) is 21.8. The lowest BCUT2D eigenvalue weighted by molar-refractivity contribution is -0.180. The van der Waals surface area contributed by atoms with E-state index in [9.17, 15) is 24.9 Å². The molecule has 8 nitrogen and oxygen atoms in total. The Kier molecular flexibility index (Phi) is 10.1. The number of ether oxygens (including phenoxy) is 2. The second-order valence-electron chi connectivity index (χ2n) is 10.8. The van der Waals surface area contributed by atoms with Gasteiger partial charge in [-0.05, 0) is 56.1 Å². The number of hydrogen-bond donors (Lipinski definition) is 4. The fourth-order valence-corrected chi connectivity index (χ4v) is 5.26. The van der Waals surface area contributed by atoms with Crippen LogP contribution in [0.4, 0.5) is 0 Å². The average molecular weight is 517 g/mol. The van der Waals surface area contributed by atoms with Gasteiger partial charge in [-0.3, -0.25) is 4.79 Å². The number of hydrogen-bond acceptors (Lipinski definition) is 7. The number of fused-ring (bicyclic) bond motifs is 1. The summed E-state index contributed by atoms with van der Waals surface area (Å²) in [6.07, 6.45) is 3.38. The van der Waals surface area contributed by atoms with Gasteiger partial charge in [0.15, 0.2) is 5.60 Å². The van der Waals surface area contributed by atoms with Gasteiger partial charge >= 0.3 is 11.9 Å². The van der Waals surface area contributed by atoms with Crippen LogP contribution >= 0.6 is 0 Å². The Morgan fingerprint density at radius 1 is 1.14 bits per heavy atom. The van der Waals surface area contributed by atoms with Crippen LogP contribution in [0.2, 0.25) is 0 Å². The van der Waals surface area contributed by atoms with Crippen molar-refractivity contribution in [3.8, 4) is 0 Å². The Balaban J connectivity index is 1.67. The van der Waals surface area contributed by atoms with Crippen LogP contribution in [0.1, 0.15) is 58.4 Å². The van der Waals surface area contributed by atoms with Gasteiger partial charge in [-0.1, -0.05) is 55.5 Å². The summed E-state index contributed by atoms with van der Waals surface area (Å²) < 4.78 is 11.9. The molecule has 0 saturated carbocycles.